The van der Waals surface area contributed by atoms with Crippen LogP contribution in [0, 0.1) is 29.1 Å². The van der Waals surface area contributed by atoms with Crippen molar-refractivity contribution in [3.63, 3.8) is 0 Å². The highest BCUT2D eigenvalue weighted by Crippen LogP contribution is 2.43. The van der Waals surface area contributed by atoms with Gasteiger partial charge >= 0.3 is 0 Å². The number of carbonyl (C=O) groups is 3. The van der Waals surface area contributed by atoms with Crippen LogP contribution in [0.5, 0.6) is 5.75 Å². The largest absolute Gasteiger partial charge is 0.496 e. The molecule has 2 aromatic rings. The monoisotopic (exact) mass is 493 g/mol. The Kier molecular flexibility index (Phi) is 6.58. The lowest BCUT2D eigenvalue weighted by atomic mass is 9.91. The summed E-state index contributed by atoms with van der Waals surface area (Å²) in [6.07, 6.45) is 2.09. The van der Waals surface area contributed by atoms with Crippen LogP contribution in [0.2, 0.25) is 0 Å². The van der Waals surface area contributed by atoms with Crippen LogP contribution in [-0.4, -0.2) is 71.1 Å². The first-order valence-electron chi connectivity index (χ1n) is 12.5. The van der Waals surface area contributed by atoms with Gasteiger partial charge in [-0.25, -0.2) is 0 Å². The number of methoxy groups -OCH3 is 1. The number of nitriles is 1. The number of hydrogen-bond acceptors (Lipinski definition) is 6. The maximum Gasteiger partial charge on any atom is 0.271 e. The molecule has 190 valence electrons. The summed E-state index contributed by atoms with van der Waals surface area (Å²) in [4.78, 5) is 44.2. The Balaban J connectivity index is 1.39. The second-order valence-corrected chi connectivity index (χ2v) is 10.1. The van der Waals surface area contributed by atoms with E-state index < -0.39 is 18.2 Å². The van der Waals surface area contributed by atoms with Crippen LogP contribution in [0.15, 0.2) is 24.3 Å². The fourth-order valence-corrected chi connectivity index (χ4v) is 6.23. The summed E-state index contributed by atoms with van der Waals surface area (Å²) in [5.41, 5.74) is 1.15. The topological polar surface area (TPSA) is 148 Å². The molecule has 1 saturated carbocycles. The Morgan fingerprint density at radius 3 is 2.89 bits per heavy atom. The predicted molar refractivity (Wildman–Crippen MR) is 130 cm³/mol. The predicted octanol–water partition coefficient (Wildman–Crippen LogP) is 1.31. The number of benzene rings is 1. The van der Waals surface area contributed by atoms with Gasteiger partial charge in [0.05, 0.1) is 19.2 Å². The molecular weight excluding hydrogens is 462 g/mol. The smallest absolute Gasteiger partial charge is 0.271 e. The minimum Gasteiger partial charge on any atom is -0.496 e. The number of aliphatic hydroxyl groups excluding tert-OH is 1. The number of ether oxygens (including phenoxy) is 1. The molecule has 3 aliphatic rings. The lowest BCUT2D eigenvalue weighted by Gasteiger charge is -2.30. The van der Waals surface area contributed by atoms with Crippen LogP contribution in [-0.2, 0) is 9.59 Å². The molecule has 0 spiro atoms. The molecule has 1 aromatic heterocycles. The zero-order valence-corrected chi connectivity index (χ0v) is 20.2. The summed E-state index contributed by atoms with van der Waals surface area (Å²) in [6, 6.07) is 7.47. The highest BCUT2D eigenvalue weighted by Gasteiger charge is 2.50. The number of aliphatic hydroxyl groups is 1. The van der Waals surface area contributed by atoms with Crippen LogP contribution in [0.25, 0.3) is 10.9 Å². The van der Waals surface area contributed by atoms with Gasteiger partial charge in [0.1, 0.15) is 17.5 Å². The van der Waals surface area contributed by atoms with Crippen molar-refractivity contribution >= 4 is 28.6 Å². The minimum absolute atomic E-state index is 0.0162. The lowest BCUT2D eigenvalue weighted by molar-refractivity contribution is -0.128. The van der Waals surface area contributed by atoms with Crippen molar-refractivity contribution in [3.05, 3.63) is 30.0 Å². The molecular formula is C26H31N5O5. The van der Waals surface area contributed by atoms with Gasteiger partial charge in [0.15, 0.2) is 6.10 Å². The van der Waals surface area contributed by atoms with Crippen molar-refractivity contribution in [2.45, 2.75) is 50.3 Å². The van der Waals surface area contributed by atoms with E-state index in [0.29, 0.717) is 31.0 Å². The third-order valence-corrected chi connectivity index (χ3v) is 8.04. The summed E-state index contributed by atoms with van der Waals surface area (Å²) in [5, 5.41) is 26.0. The molecule has 4 N–H and O–H groups in total. The van der Waals surface area contributed by atoms with Gasteiger partial charge in [-0.3, -0.25) is 14.4 Å². The molecule has 10 heteroatoms. The van der Waals surface area contributed by atoms with E-state index in [0.717, 1.165) is 30.2 Å². The van der Waals surface area contributed by atoms with E-state index in [2.05, 4.69) is 15.6 Å². The summed E-state index contributed by atoms with van der Waals surface area (Å²) in [5.74, 6) is -0.271. The molecule has 1 aromatic carbocycles. The molecule has 3 fully saturated rings. The van der Waals surface area contributed by atoms with Crippen molar-refractivity contribution in [1.29, 1.82) is 5.26 Å². The number of aromatic nitrogens is 1. The van der Waals surface area contributed by atoms with Crippen LogP contribution >= 0.6 is 0 Å². The summed E-state index contributed by atoms with van der Waals surface area (Å²) < 4.78 is 5.42. The van der Waals surface area contributed by atoms with E-state index in [4.69, 9.17) is 4.74 Å². The van der Waals surface area contributed by atoms with Crippen LogP contribution < -0.4 is 15.4 Å². The molecule has 10 nitrogen and oxygen atoms in total. The number of carbonyl (C=O) groups excluding carboxylic acids is 3. The highest BCUT2D eigenvalue weighted by molar-refractivity contribution is 6.02. The molecule has 1 unspecified atom stereocenters. The van der Waals surface area contributed by atoms with Crippen LogP contribution in [0.3, 0.4) is 0 Å². The summed E-state index contributed by atoms with van der Waals surface area (Å²) in [6.45, 7) is 1.02. The zero-order chi connectivity index (χ0) is 25.4. The van der Waals surface area contributed by atoms with E-state index in [1.807, 2.05) is 18.2 Å². The van der Waals surface area contributed by atoms with Crippen molar-refractivity contribution in [2.24, 2.45) is 17.8 Å². The second-order valence-electron chi connectivity index (χ2n) is 10.1. The molecule has 3 amide bonds. The molecule has 6 atom stereocenters. The van der Waals surface area contributed by atoms with E-state index in [1.165, 1.54) is 0 Å². The standard InChI is InChI=1S/C26H31N5O5/c1-36-22-7-3-6-18-17(22)11-20(29-18)26(35)31-13-15-4-2-5-16(15)23(31)25(34)30-19(21(32)12-27)10-14-8-9-28-24(14)33/h3,6-7,11,14-16,19,21,23,29,32H,2,4-5,8-10,13H2,1H3,(H,28,33)(H,30,34)/t14-,15-,16-,19-,21?,23-/m0/s1. The lowest BCUT2D eigenvalue weighted by Crippen LogP contribution is -2.54. The van der Waals surface area contributed by atoms with Gasteiger partial charge in [0.2, 0.25) is 11.8 Å². The number of aromatic amines is 1. The van der Waals surface area contributed by atoms with E-state index in [-0.39, 0.29) is 41.9 Å². The summed E-state index contributed by atoms with van der Waals surface area (Å²) >= 11 is 0. The molecule has 3 heterocycles. The average Bonchev–Trinajstić information content (AvgIpc) is 3.66. The molecule has 2 aliphatic heterocycles. The molecule has 0 radical (unpaired) electrons. The second kappa shape index (κ2) is 9.82. The molecule has 36 heavy (non-hydrogen) atoms. The van der Waals surface area contributed by atoms with Gasteiger partial charge in [0, 0.05) is 29.9 Å². The first kappa shape index (κ1) is 24.1. The minimum atomic E-state index is -1.45. The Bertz CT molecular complexity index is 1220. The highest BCUT2D eigenvalue weighted by atomic mass is 16.5. The Morgan fingerprint density at radius 1 is 1.33 bits per heavy atom. The molecule has 0 bridgehead atoms. The maximum atomic E-state index is 13.7. The van der Waals surface area contributed by atoms with E-state index >= 15 is 0 Å². The number of hydrogen-bond donors (Lipinski definition) is 4. The van der Waals surface area contributed by atoms with Crippen molar-refractivity contribution in [3.8, 4) is 11.8 Å². The number of fused-ring (bicyclic) bond motifs is 2. The fourth-order valence-electron chi connectivity index (χ4n) is 6.23. The fraction of sp³-hybridized carbons (Fsp3) is 0.538. The maximum absolute atomic E-state index is 13.7. The first-order valence-corrected chi connectivity index (χ1v) is 12.5. The van der Waals surface area contributed by atoms with Gasteiger partial charge in [-0.1, -0.05) is 12.5 Å². The van der Waals surface area contributed by atoms with Crippen molar-refractivity contribution < 1.29 is 24.2 Å². The zero-order valence-electron chi connectivity index (χ0n) is 20.2. The van der Waals surface area contributed by atoms with Gasteiger partial charge in [0.25, 0.3) is 5.91 Å². The number of amides is 3. The Hall–Kier alpha value is -3.58. The van der Waals surface area contributed by atoms with Crippen LogP contribution in [0.1, 0.15) is 42.6 Å². The normalized spacial score (nSPS) is 26.8. The van der Waals surface area contributed by atoms with E-state index in [1.54, 1.807) is 24.1 Å². The number of nitrogens with one attached hydrogen (secondary N) is 3. The van der Waals surface area contributed by atoms with Gasteiger partial charge in [-0.05, 0) is 55.7 Å². The first-order chi connectivity index (χ1) is 17.4. The van der Waals surface area contributed by atoms with Gasteiger partial charge in [-0.15, -0.1) is 0 Å². The van der Waals surface area contributed by atoms with Crippen molar-refractivity contribution in [1.82, 2.24) is 20.5 Å². The number of H-pyrrole nitrogens is 1. The average molecular weight is 494 g/mol. The van der Waals surface area contributed by atoms with E-state index in [9.17, 15) is 24.8 Å². The molecule has 1 aliphatic carbocycles. The summed E-state index contributed by atoms with van der Waals surface area (Å²) in [7, 11) is 1.58. The Morgan fingerprint density at radius 2 is 2.17 bits per heavy atom. The number of rotatable bonds is 7. The third-order valence-electron chi connectivity index (χ3n) is 8.04. The molecule has 2 saturated heterocycles. The van der Waals surface area contributed by atoms with Gasteiger partial charge in [-0.2, -0.15) is 5.26 Å². The SMILES string of the molecule is COc1cccc2[nH]c(C(=O)N3C[C@@H]4CCC[C@@H]4[C@H]3C(=O)N[C@@H](C[C@@H]3CCNC3=O)C(O)C#N)cc12. The molecule has 5 rings (SSSR count). The van der Waals surface area contributed by atoms with Crippen LogP contribution in [0.4, 0.5) is 0 Å². The van der Waals surface area contributed by atoms with Crippen molar-refractivity contribution in [2.75, 3.05) is 20.2 Å². The Labute approximate surface area is 209 Å². The quantitative estimate of drug-likeness (QED) is 0.428. The number of likely N-dealkylation sites (tertiary alicyclic amines) is 1. The number of nitrogens with zero attached hydrogens (tertiary/aromatic N) is 2. The van der Waals surface area contributed by atoms with Gasteiger partial charge < -0.3 is 30.4 Å². The third kappa shape index (κ3) is 4.28.